The summed E-state index contributed by atoms with van der Waals surface area (Å²) < 4.78 is 16.9. The fourth-order valence-electron chi connectivity index (χ4n) is 8.82. The zero-order valence-corrected chi connectivity index (χ0v) is 44.1. The average Bonchev–Trinajstić information content (AvgIpc) is 3.25. The maximum absolute atomic E-state index is 12.8. The molecule has 0 saturated carbocycles. The van der Waals surface area contributed by atoms with Gasteiger partial charge in [0, 0.05) is 19.3 Å². The van der Waals surface area contributed by atoms with Crippen LogP contribution in [0.2, 0.25) is 0 Å². The van der Waals surface area contributed by atoms with E-state index in [1.54, 1.807) is 0 Å². The van der Waals surface area contributed by atoms with Gasteiger partial charge in [0.2, 0.25) is 0 Å². The van der Waals surface area contributed by atoms with E-state index in [0.29, 0.717) is 19.3 Å². The first kappa shape index (κ1) is 62.4. The number of hydrogen-bond acceptors (Lipinski definition) is 6. The summed E-state index contributed by atoms with van der Waals surface area (Å²) in [6.07, 6.45) is 50.9. The third-order valence-corrected chi connectivity index (χ3v) is 13.1. The van der Waals surface area contributed by atoms with Gasteiger partial charge in [0.25, 0.3) is 0 Å². The quantitative estimate of drug-likeness (QED) is 0.0344. The molecule has 0 aliphatic heterocycles. The molecular weight excluding hydrogens is 793 g/mol. The molecule has 0 rings (SSSR count). The molecule has 6 nitrogen and oxygen atoms in total. The third kappa shape index (κ3) is 51.4. The summed E-state index contributed by atoms with van der Waals surface area (Å²) in [6, 6.07) is 0. The Labute approximate surface area is 399 Å². The molecule has 0 aliphatic rings. The second-order valence-electron chi connectivity index (χ2n) is 21.4. The third-order valence-electron chi connectivity index (χ3n) is 13.1. The van der Waals surface area contributed by atoms with Gasteiger partial charge >= 0.3 is 17.9 Å². The maximum atomic E-state index is 12.8. The van der Waals surface area contributed by atoms with Crippen LogP contribution < -0.4 is 0 Å². The van der Waals surface area contributed by atoms with Gasteiger partial charge in [0.1, 0.15) is 13.2 Å². The molecular formula is C58H112O6. The number of carbonyl (C=O) groups excluding carboxylic acids is 3. The van der Waals surface area contributed by atoms with Gasteiger partial charge in [-0.1, -0.05) is 279 Å². The lowest BCUT2D eigenvalue weighted by molar-refractivity contribution is -0.167. The Morgan fingerprint density at radius 2 is 0.453 bits per heavy atom. The van der Waals surface area contributed by atoms with Crippen molar-refractivity contribution in [1.29, 1.82) is 0 Å². The number of esters is 3. The van der Waals surface area contributed by atoms with Gasteiger partial charge in [0.05, 0.1) is 0 Å². The molecule has 1 atom stereocenters. The monoisotopic (exact) mass is 905 g/mol. The van der Waals surface area contributed by atoms with Gasteiger partial charge in [-0.2, -0.15) is 0 Å². The van der Waals surface area contributed by atoms with E-state index in [2.05, 4.69) is 41.5 Å². The first-order chi connectivity index (χ1) is 31.1. The molecule has 0 saturated heterocycles. The molecule has 0 spiro atoms. The van der Waals surface area contributed by atoms with Crippen molar-refractivity contribution < 1.29 is 28.6 Å². The normalized spacial score (nSPS) is 12.1. The van der Waals surface area contributed by atoms with Gasteiger partial charge < -0.3 is 14.2 Å². The summed E-state index contributed by atoms with van der Waals surface area (Å²) in [4.78, 5) is 38.1. The Hall–Kier alpha value is -1.59. The van der Waals surface area contributed by atoms with E-state index in [1.807, 2.05) is 0 Å². The summed E-state index contributed by atoms with van der Waals surface area (Å²) in [6.45, 7) is 13.8. The number of rotatable bonds is 51. The number of hydrogen-bond donors (Lipinski definition) is 0. The van der Waals surface area contributed by atoms with Gasteiger partial charge in [-0.15, -0.1) is 0 Å². The van der Waals surface area contributed by atoms with Crippen LogP contribution in [0.5, 0.6) is 0 Å². The molecule has 64 heavy (non-hydrogen) atoms. The fourth-order valence-corrected chi connectivity index (χ4v) is 8.82. The van der Waals surface area contributed by atoms with Crippen molar-refractivity contribution in [2.75, 3.05) is 13.2 Å². The van der Waals surface area contributed by atoms with Crippen LogP contribution in [0.4, 0.5) is 0 Å². The number of carbonyl (C=O) groups is 3. The van der Waals surface area contributed by atoms with Crippen molar-refractivity contribution in [1.82, 2.24) is 0 Å². The van der Waals surface area contributed by atoms with E-state index < -0.39 is 6.10 Å². The number of ether oxygens (including phenoxy) is 3. The predicted molar refractivity (Wildman–Crippen MR) is 275 cm³/mol. The molecule has 0 fully saturated rings. The van der Waals surface area contributed by atoms with Crippen molar-refractivity contribution in [3.05, 3.63) is 0 Å². The van der Waals surface area contributed by atoms with Crippen LogP contribution in [0.15, 0.2) is 0 Å². The Morgan fingerprint density at radius 3 is 0.672 bits per heavy atom. The summed E-state index contributed by atoms with van der Waals surface area (Å²) in [5.41, 5.74) is 0. The second kappa shape index (κ2) is 49.3. The van der Waals surface area contributed by atoms with E-state index in [9.17, 15) is 14.4 Å². The highest BCUT2D eigenvalue weighted by atomic mass is 16.6. The van der Waals surface area contributed by atoms with Gasteiger partial charge in [-0.05, 0) is 37.0 Å². The molecule has 380 valence electrons. The van der Waals surface area contributed by atoms with Crippen LogP contribution >= 0.6 is 0 Å². The van der Waals surface area contributed by atoms with E-state index in [-0.39, 0.29) is 31.1 Å². The van der Waals surface area contributed by atoms with Crippen molar-refractivity contribution in [2.24, 2.45) is 17.8 Å². The van der Waals surface area contributed by atoms with Crippen LogP contribution in [-0.2, 0) is 28.6 Å². The lowest BCUT2D eigenvalue weighted by Crippen LogP contribution is -2.30. The highest BCUT2D eigenvalue weighted by molar-refractivity contribution is 5.71. The molecule has 0 aromatic carbocycles. The van der Waals surface area contributed by atoms with Crippen LogP contribution in [0.3, 0.4) is 0 Å². The zero-order chi connectivity index (χ0) is 47.0. The van der Waals surface area contributed by atoms with Crippen LogP contribution in [0, 0.1) is 17.8 Å². The summed E-state index contributed by atoms with van der Waals surface area (Å²) >= 11 is 0. The Bertz CT molecular complexity index is 991. The first-order valence-corrected chi connectivity index (χ1v) is 28.6. The summed E-state index contributed by atoms with van der Waals surface area (Å²) in [5.74, 6) is 1.66. The van der Waals surface area contributed by atoms with E-state index in [1.165, 1.54) is 199 Å². The highest BCUT2D eigenvalue weighted by Gasteiger charge is 2.19. The van der Waals surface area contributed by atoms with Gasteiger partial charge in [0.15, 0.2) is 6.10 Å². The molecule has 0 radical (unpaired) electrons. The molecule has 0 aromatic heterocycles. The molecule has 0 N–H and O–H groups in total. The molecule has 0 aliphatic carbocycles. The molecule has 0 heterocycles. The average molecular weight is 906 g/mol. The Morgan fingerprint density at radius 1 is 0.266 bits per heavy atom. The summed E-state index contributed by atoms with van der Waals surface area (Å²) in [5, 5.41) is 0. The fraction of sp³-hybridized carbons (Fsp3) is 0.948. The maximum Gasteiger partial charge on any atom is 0.306 e. The molecule has 0 bridgehead atoms. The lowest BCUT2D eigenvalue weighted by atomic mass is 10.0. The minimum absolute atomic E-state index is 0.0637. The van der Waals surface area contributed by atoms with Crippen molar-refractivity contribution in [3.63, 3.8) is 0 Å². The molecule has 0 aromatic rings. The number of unbranched alkanes of at least 4 members (excludes halogenated alkanes) is 34. The molecule has 0 unspecified atom stereocenters. The van der Waals surface area contributed by atoms with Crippen molar-refractivity contribution >= 4 is 17.9 Å². The van der Waals surface area contributed by atoms with Crippen LogP contribution in [-0.4, -0.2) is 37.2 Å². The van der Waals surface area contributed by atoms with Crippen molar-refractivity contribution in [3.8, 4) is 0 Å². The van der Waals surface area contributed by atoms with Crippen molar-refractivity contribution in [2.45, 2.75) is 324 Å². The summed E-state index contributed by atoms with van der Waals surface area (Å²) in [7, 11) is 0. The standard InChI is InChI=1S/C58H112O6/c1-52(2)44-38-32-26-20-14-10-8-7-9-11-17-25-31-37-43-49-58(61)64-55(51-63-57(60)48-42-36-30-24-19-18-22-28-34-40-46-54(5)6)50-62-56(59)47-41-35-29-23-16-13-12-15-21-27-33-39-45-53(3)4/h52-55H,7-51H2,1-6H3/t55-/m0/s1. The lowest BCUT2D eigenvalue weighted by Gasteiger charge is -2.18. The topological polar surface area (TPSA) is 78.9 Å². The Kier molecular flexibility index (Phi) is 48.1. The second-order valence-corrected chi connectivity index (χ2v) is 21.4. The van der Waals surface area contributed by atoms with Gasteiger partial charge in [-0.25, -0.2) is 0 Å². The minimum atomic E-state index is -0.763. The van der Waals surface area contributed by atoms with E-state index in [4.69, 9.17) is 14.2 Å². The SMILES string of the molecule is CC(C)CCCCCCCCCCCCCCCCCC(=O)O[C@@H](COC(=O)CCCCCCCCCCCCCCC(C)C)COC(=O)CCCCCCCCCCCCC(C)C. The predicted octanol–water partition coefficient (Wildman–Crippen LogP) is 18.7. The van der Waals surface area contributed by atoms with E-state index in [0.717, 1.165) is 75.5 Å². The van der Waals surface area contributed by atoms with Crippen LogP contribution in [0.25, 0.3) is 0 Å². The smallest absolute Gasteiger partial charge is 0.306 e. The minimum Gasteiger partial charge on any atom is -0.462 e. The molecule has 6 heteroatoms. The zero-order valence-electron chi connectivity index (χ0n) is 44.1. The van der Waals surface area contributed by atoms with Crippen LogP contribution in [0.1, 0.15) is 318 Å². The highest BCUT2D eigenvalue weighted by Crippen LogP contribution is 2.18. The first-order valence-electron chi connectivity index (χ1n) is 28.6. The molecule has 0 amide bonds. The van der Waals surface area contributed by atoms with Gasteiger partial charge in [-0.3, -0.25) is 14.4 Å². The Balaban J connectivity index is 4.30. The largest absolute Gasteiger partial charge is 0.462 e. The van der Waals surface area contributed by atoms with E-state index >= 15 is 0 Å².